The summed E-state index contributed by atoms with van der Waals surface area (Å²) in [6.07, 6.45) is 4.36. The first-order chi connectivity index (χ1) is 12.8. The van der Waals surface area contributed by atoms with Crippen LogP contribution in [0.5, 0.6) is 0 Å². The third kappa shape index (κ3) is 3.22. The molecule has 0 saturated heterocycles. The maximum absolute atomic E-state index is 12.9. The second kappa shape index (κ2) is 7.28. The van der Waals surface area contributed by atoms with Crippen LogP contribution >= 0.6 is 22.7 Å². The fraction of sp³-hybridized carbons (Fsp3) is 0.143. The Kier molecular flexibility index (Phi) is 4.70. The van der Waals surface area contributed by atoms with Crippen LogP contribution in [0.4, 0.5) is 0 Å². The minimum absolute atomic E-state index is 0.00288. The summed E-state index contributed by atoms with van der Waals surface area (Å²) >= 11 is 3.47. The van der Waals surface area contributed by atoms with E-state index in [0.29, 0.717) is 5.56 Å². The summed E-state index contributed by atoms with van der Waals surface area (Å²) in [5.41, 5.74) is 2.79. The first-order valence-electron chi connectivity index (χ1n) is 8.35. The van der Waals surface area contributed by atoms with Gasteiger partial charge in [0.1, 0.15) is 0 Å². The van der Waals surface area contributed by atoms with E-state index >= 15 is 0 Å². The van der Waals surface area contributed by atoms with Gasteiger partial charge in [0.2, 0.25) is 5.91 Å². The second-order valence-corrected chi connectivity index (χ2v) is 8.05. The van der Waals surface area contributed by atoms with Gasteiger partial charge in [0.05, 0.1) is 17.7 Å². The van der Waals surface area contributed by atoms with Gasteiger partial charge in [-0.15, -0.1) is 22.7 Å². The first kappa shape index (κ1) is 16.8. The van der Waals surface area contributed by atoms with Crippen molar-refractivity contribution in [1.29, 1.82) is 5.26 Å². The van der Waals surface area contributed by atoms with E-state index in [2.05, 4.69) is 29.0 Å². The Labute approximate surface area is 160 Å². The van der Waals surface area contributed by atoms with Gasteiger partial charge >= 0.3 is 0 Å². The zero-order chi connectivity index (χ0) is 17.9. The molecular formula is C21H16N2OS2. The lowest BCUT2D eigenvalue weighted by molar-refractivity contribution is -0.127. The Morgan fingerprint density at radius 1 is 1.15 bits per heavy atom. The lowest BCUT2D eigenvalue weighted by atomic mass is 9.98. The molecule has 26 heavy (non-hydrogen) atoms. The van der Waals surface area contributed by atoms with Crippen LogP contribution in [0.3, 0.4) is 0 Å². The molecule has 3 nitrogen and oxygen atoms in total. The molecule has 3 heterocycles. The second-order valence-electron chi connectivity index (χ2n) is 6.07. The van der Waals surface area contributed by atoms with Gasteiger partial charge in [0.15, 0.2) is 0 Å². The van der Waals surface area contributed by atoms with Gasteiger partial charge < -0.3 is 4.90 Å². The molecule has 128 valence electrons. The summed E-state index contributed by atoms with van der Waals surface area (Å²) in [5.74, 6) is 0.0182. The zero-order valence-corrected chi connectivity index (χ0v) is 15.6. The molecule has 5 heteroatoms. The van der Waals surface area contributed by atoms with E-state index in [0.717, 1.165) is 18.5 Å². The standard InChI is InChI=1S/C21H16N2OS2/c22-14-16-5-3-15(4-6-16)7-8-20(24)23-11-9-18-17(10-13-26-18)21(23)19-2-1-12-25-19/h1-8,10,12-13,21H,9,11H2/b8-7+/t21-/m0/s1. The molecule has 1 aliphatic rings. The van der Waals surface area contributed by atoms with E-state index in [9.17, 15) is 4.79 Å². The zero-order valence-electron chi connectivity index (χ0n) is 14.0. The van der Waals surface area contributed by atoms with Gasteiger partial charge in [0.25, 0.3) is 0 Å². The fourth-order valence-electron chi connectivity index (χ4n) is 3.24. The number of amides is 1. The molecule has 1 atom stereocenters. The van der Waals surface area contributed by atoms with Gasteiger partial charge in [-0.1, -0.05) is 18.2 Å². The van der Waals surface area contributed by atoms with E-state index in [1.165, 1.54) is 15.3 Å². The Balaban J connectivity index is 1.60. The Hall–Kier alpha value is -2.68. The summed E-state index contributed by atoms with van der Waals surface area (Å²) < 4.78 is 0. The highest BCUT2D eigenvalue weighted by Gasteiger charge is 2.32. The van der Waals surface area contributed by atoms with Gasteiger partial charge in [0, 0.05) is 22.4 Å². The third-order valence-corrected chi connectivity index (χ3v) is 6.44. The van der Waals surface area contributed by atoms with Crippen molar-refractivity contribution in [2.24, 2.45) is 0 Å². The van der Waals surface area contributed by atoms with E-state index in [4.69, 9.17) is 5.26 Å². The molecule has 0 spiro atoms. The van der Waals surface area contributed by atoms with E-state index < -0.39 is 0 Å². The molecule has 0 bridgehead atoms. The molecule has 0 N–H and O–H groups in total. The average molecular weight is 377 g/mol. The summed E-state index contributed by atoms with van der Waals surface area (Å²) in [4.78, 5) is 17.5. The van der Waals surface area contributed by atoms with Crippen molar-refractivity contribution in [3.05, 3.63) is 85.7 Å². The predicted molar refractivity (Wildman–Crippen MR) is 106 cm³/mol. The lowest BCUT2D eigenvalue weighted by Gasteiger charge is -2.34. The van der Waals surface area contributed by atoms with Crippen LogP contribution in [0.25, 0.3) is 6.08 Å². The fourth-order valence-corrected chi connectivity index (χ4v) is 5.00. The van der Waals surface area contributed by atoms with Crippen LogP contribution in [0.15, 0.2) is 59.3 Å². The normalized spacial score (nSPS) is 16.4. The van der Waals surface area contributed by atoms with Crippen LogP contribution in [0.1, 0.15) is 32.5 Å². The molecule has 0 radical (unpaired) electrons. The largest absolute Gasteiger partial charge is 0.327 e. The minimum Gasteiger partial charge on any atom is -0.327 e. The van der Waals surface area contributed by atoms with Crippen molar-refractivity contribution in [1.82, 2.24) is 4.90 Å². The number of nitrogens with zero attached hydrogens (tertiary/aromatic N) is 2. The highest BCUT2D eigenvalue weighted by Crippen LogP contribution is 2.39. The van der Waals surface area contributed by atoms with Crippen molar-refractivity contribution in [3.8, 4) is 6.07 Å². The number of carbonyl (C=O) groups excluding carboxylic acids is 1. The van der Waals surface area contributed by atoms with Crippen molar-refractivity contribution < 1.29 is 4.79 Å². The molecule has 0 unspecified atom stereocenters. The van der Waals surface area contributed by atoms with Gasteiger partial charge in [-0.3, -0.25) is 4.79 Å². The van der Waals surface area contributed by atoms with Crippen LogP contribution in [-0.2, 0) is 11.2 Å². The monoisotopic (exact) mass is 376 g/mol. The lowest BCUT2D eigenvalue weighted by Crippen LogP contribution is -2.38. The van der Waals surface area contributed by atoms with Crippen molar-refractivity contribution in [2.45, 2.75) is 12.5 Å². The van der Waals surface area contributed by atoms with Crippen molar-refractivity contribution >= 4 is 34.7 Å². The molecule has 0 fully saturated rings. The van der Waals surface area contributed by atoms with Crippen LogP contribution < -0.4 is 0 Å². The SMILES string of the molecule is N#Cc1ccc(/C=C/C(=O)N2CCc3sccc3[C@H]2c2cccs2)cc1. The predicted octanol–water partition coefficient (Wildman–Crippen LogP) is 4.87. The van der Waals surface area contributed by atoms with Gasteiger partial charge in [-0.2, -0.15) is 5.26 Å². The molecule has 2 aromatic heterocycles. The highest BCUT2D eigenvalue weighted by atomic mass is 32.1. The van der Waals surface area contributed by atoms with E-state index in [1.807, 2.05) is 29.2 Å². The maximum Gasteiger partial charge on any atom is 0.247 e. The molecule has 1 aromatic carbocycles. The van der Waals surface area contributed by atoms with Gasteiger partial charge in [-0.05, 0) is 58.6 Å². The molecule has 4 rings (SSSR count). The molecule has 3 aromatic rings. The summed E-state index contributed by atoms with van der Waals surface area (Å²) in [7, 11) is 0. The highest BCUT2D eigenvalue weighted by molar-refractivity contribution is 7.10. The van der Waals surface area contributed by atoms with Crippen LogP contribution in [0, 0.1) is 11.3 Å². The Bertz CT molecular complexity index is 978. The number of benzene rings is 1. The summed E-state index contributed by atoms with van der Waals surface area (Å²) in [6, 6.07) is 15.6. The van der Waals surface area contributed by atoms with Crippen molar-refractivity contribution in [3.63, 3.8) is 0 Å². The third-order valence-electron chi connectivity index (χ3n) is 4.52. The number of rotatable bonds is 3. The summed E-state index contributed by atoms with van der Waals surface area (Å²) in [5, 5.41) is 13.0. The summed E-state index contributed by atoms with van der Waals surface area (Å²) in [6.45, 7) is 0.729. The quantitative estimate of drug-likeness (QED) is 0.612. The van der Waals surface area contributed by atoms with E-state index in [1.54, 1.807) is 40.9 Å². The minimum atomic E-state index is 0.00288. The number of carbonyl (C=O) groups is 1. The molecule has 1 aliphatic heterocycles. The van der Waals surface area contributed by atoms with Crippen molar-refractivity contribution in [2.75, 3.05) is 6.54 Å². The van der Waals surface area contributed by atoms with Gasteiger partial charge in [-0.25, -0.2) is 0 Å². The number of nitriles is 1. The maximum atomic E-state index is 12.9. The van der Waals surface area contributed by atoms with E-state index in [-0.39, 0.29) is 11.9 Å². The molecule has 0 saturated carbocycles. The number of thiophene rings is 2. The number of hydrogen-bond donors (Lipinski definition) is 0. The Morgan fingerprint density at radius 3 is 2.73 bits per heavy atom. The molecule has 1 amide bonds. The number of hydrogen-bond acceptors (Lipinski definition) is 4. The smallest absolute Gasteiger partial charge is 0.247 e. The topological polar surface area (TPSA) is 44.1 Å². The Morgan fingerprint density at radius 2 is 2.00 bits per heavy atom. The van der Waals surface area contributed by atoms with Crippen LogP contribution in [0.2, 0.25) is 0 Å². The molecule has 0 aliphatic carbocycles. The average Bonchev–Trinajstić information content (AvgIpc) is 3.37. The first-order valence-corrected chi connectivity index (χ1v) is 10.1. The van der Waals surface area contributed by atoms with Crippen LogP contribution in [-0.4, -0.2) is 17.4 Å². The number of fused-ring (bicyclic) bond motifs is 1. The molecular weight excluding hydrogens is 360 g/mol.